The van der Waals surface area contributed by atoms with Crippen LogP contribution in [0.15, 0.2) is 48.7 Å². The van der Waals surface area contributed by atoms with Crippen molar-refractivity contribution in [1.82, 2.24) is 20.2 Å². The molecule has 3 N–H and O–H groups in total. The Hall–Kier alpha value is -2.71. The molecule has 1 aliphatic rings. The molecule has 1 aromatic heterocycles. The standard InChI is InChI=1S/C31H39Cl2N5O2/c1-5-38(22-15-16-35-27(17-22)30(39)40-31(2,3)4)19-20-9-11-21(12-10-20)28-18-36-29(34)26(37-28)14-13-23-24(32)7-6-8-25(23)33/h6-12,18,22,27,35H,5,13-17,19H2,1-4H3,(H2,34,36)/t22?,27-/m1/s1. The molecule has 0 aliphatic carbocycles. The maximum Gasteiger partial charge on any atom is 0.323 e. The number of piperidine rings is 1. The second kappa shape index (κ2) is 13.3. The predicted octanol–water partition coefficient (Wildman–Crippen LogP) is 6.10. The van der Waals surface area contributed by atoms with Gasteiger partial charge in [0.25, 0.3) is 0 Å². The first-order valence-electron chi connectivity index (χ1n) is 13.9. The van der Waals surface area contributed by atoms with Gasteiger partial charge in [0.2, 0.25) is 0 Å². The molecule has 1 fully saturated rings. The van der Waals surface area contributed by atoms with Gasteiger partial charge in [-0.3, -0.25) is 9.69 Å². The topological polar surface area (TPSA) is 93.4 Å². The van der Waals surface area contributed by atoms with Crippen molar-refractivity contribution in [2.45, 2.75) is 77.6 Å². The predicted molar refractivity (Wildman–Crippen MR) is 162 cm³/mol. The van der Waals surface area contributed by atoms with Crippen molar-refractivity contribution in [3.05, 3.63) is 75.5 Å². The zero-order valence-electron chi connectivity index (χ0n) is 23.7. The van der Waals surface area contributed by atoms with E-state index in [-0.39, 0.29) is 12.0 Å². The minimum atomic E-state index is -0.489. The van der Waals surface area contributed by atoms with Crippen LogP contribution in [0.3, 0.4) is 0 Å². The first-order valence-corrected chi connectivity index (χ1v) is 14.6. The number of hydrogen-bond acceptors (Lipinski definition) is 7. The van der Waals surface area contributed by atoms with Crippen LogP contribution in [-0.2, 0) is 28.9 Å². The van der Waals surface area contributed by atoms with E-state index >= 15 is 0 Å². The smallest absolute Gasteiger partial charge is 0.323 e. The number of aryl methyl sites for hydroxylation is 1. The molecule has 0 radical (unpaired) electrons. The van der Waals surface area contributed by atoms with Crippen LogP contribution in [0.25, 0.3) is 11.3 Å². The Morgan fingerprint density at radius 2 is 1.82 bits per heavy atom. The molecular weight excluding hydrogens is 545 g/mol. The Bertz CT molecular complexity index is 1290. The molecule has 214 valence electrons. The van der Waals surface area contributed by atoms with E-state index in [1.165, 1.54) is 5.56 Å². The summed E-state index contributed by atoms with van der Waals surface area (Å²) in [6, 6.07) is 13.9. The van der Waals surface area contributed by atoms with E-state index in [2.05, 4.69) is 46.4 Å². The van der Waals surface area contributed by atoms with Crippen LogP contribution < -0.4 is 11.1 Å². The minimum Gasteiger partial charge on any atom is -0.459 e. The second-order valence-corrected chi connectivity index (χ2v) is 12.1. The quantitative estimate of drug-likeness (QED) is 0.294. The molecule has 0 amide bonds. The van der Waals surface area contributed by atoms with Crippen molar-refractivity contribution >= 4 is 35.0 Å². The lowest BCUT2D eigenvalue weighted by Crippen LogP contribution is -2.52. The largest absolute Gasteiger partial charge is 0.459 e. The first-order chi connectivity index (χ1) is 19.0. The Morgan fingerprint density at radius 1 is 1.12 bits per heavy atom. The average molecular weight is 585 g/mol. The summed E-state index contributed by atoms with van der Waals surface area (Å²) < 4.78 is 5.63. The third-order valence-electron chi connectivity index (χ3n) is 7.18. The number of aromatic nitrogens is 2. The number of nitrogens with two attached hydrogens (primary N) is 1. The highest BCUT2D eigenvalue weighted by atomic mass is 35.5. The molecule has 0 bridgehead atoms. The fraction of sp³-hybridized carbons (Fsp3) is 0.452. The van der Waals surface area contributed by atoms with Gasteiger partial charge in [-0.25, -0.2) is 9.97 Å². The molecule has 2 atom stereocenters. The van der Waals surface area contributed by atoms with E-state index in [0.717, 1.165) is 55.0 Å². The summed E-state index contributed by atoms with van der Waals surface area (Å²) in [5.41, 5.74) is 10.2. The van der Waals surface area contributed by atoms with Crippen LogP contribution in [0.2, 0.25) is 10.0 Å². The number of anilines is 1. The number of esters is 1. The van der Waals surface area contributed by atoms with E-state index in [1.807, 2.05) is 39.0 Å². The lowest BCUT2D eigenvalue weighted by atomic mass is 9.97. The number of nitrogen functional groups attached to an aromatic ring is 1. The number of carbonyl (C=O) groups excluding carboxylic acids is 1. The molecular formula is C31H39Cl2N5O2. The van der Waals surface area contributed by atoms with Gasteiger partial charge in [0, 0.05) is 28.2 Å². The summed E-state index contributed by atoms with van der Waals surface area (Å²) >= 11 is 12.7. The van der Waals surface area contributed by atoms with E-state index in [4.69, 9.17) is 38.7 Å². The SMILES string of the molecule is CCN(Cc1ccc(-c2cnc(N)c(CCc3c(Cl)cccc3Cl)n2)cc1)C1CCN[C@@H](C(=O)OC(C)(C)C)C1. The molecule has 1 aliphatic heterocycles. The number of hydrogen-bond donors (Lipinski definition) is 2. The molecule has 0 spiro atoms. The van der Waals surface area contributed by atoms with E-state index in [0.29, 0.717) is 34.7 Å². The molecule has 0 saturated carbocycles. The van der Waals surface area contributed by atoms with Crippen molar-refractivity contribution < 1.29 is 9.53 Å². The number of halogens is 2. The van der Waals surface area contributed by atoms with Gasteiger partial charge in [0.05, 0.1) is 17.6 Å². The van der Waals surface area contributed by atoms with E-state index in [1.54, 1.807) is 6.20 Å². The van der Waals surface area contributed by atoms with Crippen LogP contribution in [0.1, 0.15) is 57.4 Å². The fourth-order valence-electron chi connectivity index (χ4n) is 5.07. The Morgan fingerprint density at radius 3 is 2.48 bits per heavy atom. The molecule has 4 rings (SSSR count). The summed E-state index contributed by atoms with van der Waals surface area (Å²) in [6.07, 6.45) is 4.65. The fourth-order valence-corrected chi connectivity index (χ4v) is 5.66. The van der Waals surface area contributed by atoms with Crippen molar-refractivity contribution in [3.8, 4) is 11.3 Å². The first kappa shape index (κ1) is 30.3. The maximum absolute atomic E-state index is 12.7. The highest BCUT2D eigenvalue weighted by molar-refractivity contribution is 6.36. The molecule has 9 heteroatoms. The molecule has 7 nitrogen and oxygen atoms in total. The second-order valence-electron chi connectivity index (χ2n) is 11.3. The average Bonchev–Trinajstić information content (AvgIpc) is 2.92. The summed E-state index contributed by atoms with van der Waals surface area (Å²) in [4.78, 5) is 24.3. The van der Waals surface area contributed by atoms with Gasteiger partial charge in [0.1, 0.15) is 17.5 Å². The maximum atomic E-state index is 12.7. The van der Waals surface area contributed by atoms with E-state index in [9.17, 15) is 4.79 Å². The molecule has 1 saturated heterocycles. The number of ether oxygens (including phenoxy) is 1. The number of rotatable bonds is 9. The Balaban J connectivity index is 1.41. The third-order valence-corrected chi connectivity index (χ3v) is 7.88. The highest BCUT2D eigenvalue weighted by Crippen LogP contribution is 2.27. The van der Waals surface area contributed by atoms with E-state index < -0.39 is 5.60 Å². The van der Waals surface area contributed by atoms with Crippen molar-refractivity contribution in [2.24, 2.45) is 0 Å². The van der Waals surface area contributed by atoms with Gasteiger partial charge in [-0.05, 0) is 82.8 Å². The molecule has 2 heterocycles. The summed E-state index contributed by atoms with van der Waals surface area (Å²) in [7, 11) is 0. The summed E-state index contributed by atoms with van der Waals surface area (Å²) in [5, 5.41) is 4.61. The summed E-state index contributed by atoms with van der Waals surface area (Å²) in [5.74, 6) is 0.241. The van der Waals surface area contributed by atoms with Crippen LogP contribution in [-0.4, -0.2) is 51.6 Å². The third kappa shape index (κ3) is 7.94. The van der Waals surface area contributed by atoms with Gasteiger partial charge in [-0.2, -0.15) is 0 Å². The normalized spacial score (nSPS) is 17.7. The minimum absolute atomic E-state index is 0.170. The zero-order chi connectivity index (χ0) is 28.9. The van der Waals surface area contributed by atoms with Crippen molar-refractivity contribution in [1.29, 1.82) is 0 Å². The van der Waals surface area contributed by atoms with Crippen LogP contribution >= 0.6 is 23.2 Å². The zero-order valence-corrected chi connectivity index (χ0v) is 25.2. The lowest BCUT2D eigenvalue weighted by molar-refractivity contribution is -0.158. The molecule has 3 aromatic rings. The number of nitrogens with one attached hydrogen (secondary N) is 1. The van der Waals surface area contributed by atoms with Gasteiger partial charge < -0.3 is 15.8 Å². The van der Waals surface area contributed by atoms with Gasteiger partial charge >= 0.3 is 5.97 Å². The van der Waals surface area contributed by atoms with Crippen LogP contribution in [0, 0.1) is 0 Å². The van der Waals surface area contributed by atoms with Crippen LogP contribution in [0.4, 0.5) is 5.82 Å². The summed E-state index contributed by atoms with van der Waals surface area (Å²) in [6.45, 7) is 10.4. The number of benzene rings is 2. The van der Waals surface area contributed by atoms with Gasteiger partial charge in [-0.1, -0.05) is 60.5 Å². The molecule has 1 unspecified atom stereocenters. The van der Waals surface area contributed by atoms with Crippen molar-refractivity contribution in [2.75, 3.05) is 18.8 Å². The molecule has 2 aromatic carbocycles. The Kier molecular flexibility index (Phi) is 10.1. The number of carbonyl (C=O) groups is 1. The molecule has 40 heavy (non-hydrogen) atoms. The van der Waals surface area contributed by atoms with Gasteiger partial charge in [-0.15, -0.1) is 0 Å². The Labute approximate surface area is 247 Å². The van der Waals surface area contributed by atoms with Crippen molar-refractivity contribution in [3.63, 3.8) is 0 Å². The monoisotopic (exact) mass is 583 g/mol. The van der Waals surface area contributed by atoms with Crippen LogP contribution in [0.5, 0.6) is 0 Å². The number of nitrogens with zero attached hydrogens (tertiary/aromatic N) is 3. The highest BCUT2D eigenvalue weighted by Gasteiger charge is 2.32. The lowest BCUT2D eigenvalue weighted by Gasteiger charge is -2.37. The van der Waals surface area contributed by atoms with Gasteiger partial charge in [0.15, 0.2) is 0 Å².